The average molecular weight is 250 g/mol. The van der Waals surface area contributed by atoms with Crippen LogP contribution in [0.25, 0.3) is 5.69 Å². The first kappa shape index (κ1) is 11.5. The van der Waals surface area contributed by atoms with E-state index < -0.39 is 0 Å². The molecular formula is C16H14N2O. The predicted octanol–water partition coefficient (Wildman–Crippen LogP) is 3.97. The molecule has 19 heavy (non-hydrogen) atoms. The molecule has 3 nitrogen and oxygen atoms in total. The van der Waals surface area contributed by atoms with Gasteiger partial charge in [-0.25, -0.2) is 4.68 Å². The molecule has 0 unspecified atom stereocenters. The zero-order valence-corrected chi connectivity index (χ0v) is 10.7. The monoisotopic (exact) mass is 250 g/mol. The van der Waals surface area contributed by atoms with Crippen LogP contribution in [-0.4, -0.2) is 9.78 Å². The summed E-state index contributed by atoms with van der Waals surface area (Å²) in [6.45, 7) is 1.97. The highest BCUT2D eigenvalue weighted by atomic mass is 16.5. The zero-order valence-electron chi connectivity index (χ0n) is 10.7. The molecule has 2 aromatic carbocycles. The van der Waals surface area contributed by atoms with Crippen molar-refractivity contribution in [3.8, 4) is 17.2 Å². The molecule has 1 heterocycles. The van der Waals surface area contributed by atoms with Gasteiger partial charge >= 0.3 is 0 Å². The predicted molar refractivity (Wildman–Crippen MR) is 74.8 cm³/mol. The molecule has 0 spiro atoms. The summed E-state index contributed by atoms with van der Waals surface area (Å²) < 4.78 is 7.74. The van der Waals surface area contributed by atoms with Gasteiger partial charge in [-0.05, 0) is 37.3 Å². The Bertz CT molecular complexity index is 674. The van der Waals surface area contributed by atoms with E-state index in [1.54, 1.807) is 0 Å². The van der Waals surface area contributed by atoms with E-state index in [1.165, 1.54) is 0 Å². The summed E-state index contributed by atoms with van der Waals surface area (Å²) >= 11 is 0. The standard InChI is InChI=1S/C16H14N2O/c1-13-11-12-18(17-13)15-9-5-6-10-16(15)19-14-7-3-2-4-8-14/h2-12H,1H3. The van der Waals surface area contributed by atoms with Crippen molar-refractivity contribution >= 4 is 0 Å². The Labute approximate surface area is 112 Å². The molecule has 3 aromatic rings. The van der Waals surface area contributed by atoms with Crippen LogP contribution in [0.5, 0.6) is 11.5 Å². The minimum absolute atomic E-state index is 0.789. The van der Waals surface area contributed by atoms with Gasteiger partial charge < -0.3 is 4.74 Å². The van der Waals surface area contributed by atoms with Crippen molar-refractivity contribution in [1.29, 1.82) is 0 Å². The van der Waals surface area contributed by atoms with Crippen molar-refractivity contribution in [1.82, 2.24) is 9.78 Å². The third kappa shape index (κ3) is 2.50. The molecule has 0 saturated heterocycles. The Balaban J connectivity index is 1.98. The SMILES string of the molecule is Cc1ccn(-c2ccccc2Oc2ccccc2)n1. The molecule has 0 amide bonds. The molecule has 3 heteroatoms. The number of aromatic nitrogens is 2. The zero-order chi connectivity index (χ0) is 13.1. The second-order valence-corrected chi connectivity index (χ2v) is 4.28. The molecule has 0 saturated carbocycles. The number of ether oxygens (including phenoxy) is 1. The van der Waals surface area contributed by atoms with Crippen molar-refractivity contribution in [3.05, 3.63) is 72.6 Å². The van der Waals surface area contributed by atoms with E-state index in [-0.39, 0.29) is 0 Å². The van der Waals surface area contributed by atoms with Gasteiger partial charge in [-0.3, -0.25) is 0 Å². The van der Waals surface area contributed by atoms with Crippen molar-refractivity contribution < 1.29 is 4.74 Å². The maximum atomic E-state index is 5.91. The summed E-state index contributed by atoms with van der Waals surface area (Å²) in [6.07, 6.45) is 1.93. The highest BCUT2D eigenvalue weighted by Crippen LogP contribution is 2.27. The molecule has 94 valence electrons. The van der Waals surface area contributed by atoms with E-state index in [9.17, 15) is 0 Å². The third-order valence-electron chi connectivity index (χ3n) is 2.81. The van der Waals surface area contributed by atoms with Gasteiger partial charge in [0.05, 0.1) is 5.69 Å². The Morgan fingerprint density at radius 1 is 0.895 bits per heavy atom. The fourth-order valence-electron chi connectivity index (χ4n) is 1.90. The molecule has 0 aliphatic heterocycles. The van der Waals surface area contributed by atoms with Crippen LogP contribution < -0.4 is 4.74 Å². The Kier molecular flexibility index (Phi) is 3.02. The molecule has 0 fully saturated rings. The van der Waals surface area contributed by atoms with Gasteiger partial charge in [-0.1, -0.05) is 30.3 Å². The van der Waals surface area contributed by atoms with Crippen molar-refractivity contribution in [2.24, 2.45) is 0 Å². The smallest absolute Gasteiger partial charge is 0.153 e. The van der Waals surface area contributed by atoms with E-state index in [2.05, 4.69) is 5.10 Å². The number of hydrogen-bond donors (Lipinski definition) is 0. The van der Waals surface area contributed by atoms with Crippen molar-refractivity contribution in [3.63, 3.8) is 0 Å². The number of hydrogen-bond acceptors (Lipinski definition) is 2. The third-order valence-corrected chi connectivity index (χ3v) is 2.81. The van der Waals surface area contributed by atoms with Gasteiger partial charge in [-0.15, -0.1) is 0 Å². The summed E-state index contributed by atoms with van der Waals surface area (Å²) in [6, 6.07) is 19.6. The van der Waals surface area contributed by atoms with Crippen LogP contribution in [0.3, 0.4) is 0 Å². The van der Waals surface area contributed by atoms with Crippen molar-refractivity contribution in [2.75, 3.05) is 0 Å². The van der Waals surface area contributed by atoms with Crippen LogP contribution in [-0.2, 0) is 0 Å². The first-order valence-corrected chi connectivity index (χ1v) is 6.17. The maximum Gasteiger partial charge on any atom is 0.153 e. The second kappa shape index (κ2) is 4.98. The fourth-order valence-corrected chi connectivity index (χ4v) is 1.90. The van der Waals surface area contributed by atoms with Crippen LogP contribution >= 0.6 is 0 Å². The lowest BCUT2D eigenvalue weighted by Crippen LogP contribution is -1.98. The Morgan fingerprint density at radius 3 is 2.37 bits per heavy atom. The summed E-state index contributed by atoms with van der Waals surface area (Å²) in [5.74, 6) is 1.61. The maximum absolute atomic E-state index is 5.91. The molecule has 0 atom stereocenters. The lowest BCUT2D eigenvalue weighted by atomic mass is 10.3. The molecule has 3 rings (SSSR count). The summed E-state index contributed by atoms with van der Waals surface area (Å²) in [4.78, 5) is 0. The number of benzene rings is 2. The number of rotatable bonds is 3. The first-order valence-electron chi connectivity index (χ1n) is 6.17. The summed E-state index contributed by atoms with van der Waals surface area (Å²) in [5, 5.41) is 4.42. The number of nitrogens with zero attached hydrogens (tertiary/aromatic N) is 2. The highest BCUT2D eigenvalue weighted by molar-refractivity contribution is 5.48. The average Bonchev–Trinajstić information content (AvgIpc) is 2.87. The van der Waals surface area contributed by atoms with E-state index >= 15 is 0 Å². The molecule has 0 aliphatic rings. The first-order chi connectivity index (χ1) is 9.33. The molecule has 1 aromatic heterocycles. The second-order valence-electron chi connectivity index (χ2n) is 4.28. The van der Waals surface area contributed by atoms with Crippen LogP contribution in [0.1, 0.15) is 5.69 Å². The Hall–Kier alpha value is -2.55. The largest absolute Gasteiger partial charge is 0.455 e. The minimum Gasteiger partial charge on any atom is -0.455 e. The fraction of sp³-hybridized carbons (Fsp3) is 0.0625. The Morgan fingerprint density at radius 2 is 1.63 bits per heavy atom. The van der Waals surface area contributed by atoms with Crippen LogP contribution in [0.15, 0.2) is 66.9 Å². The van der Waals surface area contributed by atoms with Crippen molar-refractivity contribution in [2.45, 2.75) is 6.92 Å². The number of aryl methyl sites for hydroxylation is 1. The van der Waals surface area contributed by atoms with Gasteiger partial charge in [-0.2, -0.15) is 5.10 Å². The lowest BCUT2D eigenvalue weighted by Gasteiger charge is -2.10. The van der Waals surface area contributed by atoms with Crippen LogP contribution in [0, 0.1) is 6.92 Å². The quantitative estimate of drug-likeness (QED) is 0.703. The van der Waals surface area contributed by atoms with E-state index in [1.807, 2.05) is 78.5 Å². The molecule has 0 aliphatic carbocycles. The normalized spacial score (nSPS) is 10.4. The molecule has 0 radical (unpaired) electrons. The van der Waals surface area contributed by atoms with Gasteiger partial charge in [0.15, 0.2) is 5.75 Å². The van der Waals surface area contributed by atoms with E-state index in [0.29, 0.717) is 0 Å². The highest BCUT2D eigenvalue weighted by Gasteiger charge is 2.07. The van der Waals surface area contributed by atoms with Crippen LogP contribution in [0.2, 0.25) is 0 Å². The molecule has 0 bridgehead atoms. The molecule has 0 N–H and O–H groups in total. The van der Waals surface area contributed by atoms with Gasteiger partial charge in [0.2, 0.25) is 0 Å². The van der Waals surface area contributed by atoms with E-state index in [0.717, 1.165) is 22.9 Å². The topological polar surface area (TPSA) is 27.1 Å². The van der Waals surface area contributed by atoms with Gasteiger partial charge in [0.25, 0.3) is 0 Å². The molecular weight excluding hydrogens is 236 g/mol. The summed E-state index contributed by atoms with van der Waals surface area (Å²) in [5.41, 5.74) is 1.91. The summed E-state index contributed by atoms with van der Waals surface area (Å²) in [7, 11) is 0. The van der Waals surface area contributed by atoms with Crippen LogP contribution in [0.4, 0.5) is 0 Å². The minimum atomic E-state index is 0.789. The lowest BCUT2D eigenvalue weighted by molar-refractivity contribution is 0.478. The van der Waals surface area contributed by atoms with E-state index in [4.69, 9.17) is 4.74 Å². The number of para-hydroxylation sites is 3. The van der Waals surface area contributed by atoms with Gasteiger partial charge in [0, 0.05) is 6.20 Å². The van der Waals surface area contributed by atoms with Gasteiger partial charge in [0.1, 0.15) is 11.4 Å².